The topological polar surface area (TPSA) is 141 Å². The summed E-state index contributed by atoms with van der Waals surface area (Å²) in [6.07, 6.45) is 1.68. The van der Waals surface area contributed by atoms with E-state index in [4.69, 9.17) is 4.74 Å². The Morgan fingerprint density at radius 2 is 1.69 bits per heavy atom. The van der Waals surface area contributed by atoms with Crippen molar-refractivity contribution in [1.82, 2.24) is 10.2 Å². The van der Waals surface area contributed by atoms with Crippen molar-refractivity contribution in [2.24, 2.45) is 0 Å². The molecule has 0 fully saturated rings. The Morgan fingerprint density at radius 3 is 2.37 bits per heavy atom. The van der Waals surface area contributed by atoms with Crippen molar-refractivity contribution >= 4 is 75.0 Å². The third-order valence-corrected chi connectivity index (χ3v) is 11.3. The van der Waals surface area contributed by atoms with E-state index >= 15 is 0 Å². The number of hydrogen-bond donors (Lipinski definition) is 3. The number of anilines is 2. The molecule has 0 saturated heterocycles. The molecule has 13 heteroatoms. The van der Waals surface area contributed by atoms with Crippen LogP contribution in [0.4, 0.5) is 15.5 Å². The molecule has 4 amide bonds. The lowest BCUT2D eigenvalue weighted by molar-refractivity contribution is -0.116. The molecule has 6 rings (SSSR count). The number of thiophene rings is 2. The molecule has 0 bridgehead atoms. The van der Waals surface area contributed by atoms with E-state index in [0.29, 0.717) is 39.7 Å². The number of carbonyl (C=O) groups excluding carboxylic acids is 4. The third-order valence-electron chi connectivity index (χ3n) is 8.10. The number of nitriles is 1. The van der Waals surface area contributed by atoms with Crippen LogP contribution in [0.15, 0.2) is 113 Å². The van der Waals surface area contributed by atoms with E-state index in [9.17, 15) is 24.4 Å². The second-order valence-corrected chi connectivity index (χ2v) is 16.5. The number of ether oxygens (including phenoxy) is 1. The quantitative estimate of drug-likeness (QED) is 0.0951. The Morgan fingerprint density at radius 1 is 0.944 bits per heavy atom. The van der Waals surface area contributed by atoms with Gasteiger partial charge in [-0.2, -0.15) is 5.26 Å². The number of benzene rings is 3. The zero-order valence-corrected chi connectivity index (χ0v) is 32.2. The minimum atomic E-state index is -0.722. The molecule has 3 heterocycles. The molecule has 0 spiro atoms. The van der Waals surface area contributed by atoms with Gasteiger partial charge in [-0.25, -0.2) is 4.79 Å². The smallest absolute Gasteiger partial charge is 0.410 e. The van der Waals surface area contributed by atoms with Gasteiger partial charge >= 0.3 is 6.09 Å². The summed E-state index contributed by atoms with van der Waals surface area (Å²) in [7, 11) is 0. The van der Waals surface area contributed by atoms with E-state index < -0.39 is 28.8 Å². The minimum Gasteiger partial charge on any atom is -0.444 e. The fraction of sp³-hybridized carbons (Fsp3) is 0.195. The monoisotopic (exact) mass is 775 g/mol. The van der Waals surface area contributed by atoms with Crippen LogP contribution in [0.2, 0.25) is 0 Å². The maximum atomic E-state index is 14.1. The Hall–Kier alpha value is -5.68. The number of nitrogens with one attached hydrogen (secondary N) is 3. The highest BCUT2D eigenvalue weighted by Crippen LogP contribution is 2.41. The highest BCUT2D eigenvalue weighted by Gasteiger charge is 2.31. The van der Waals surface area contributed by atoms with Crippen LogP contribution in [0.25, 0.3) is 6.08 Å². The first-order valence-corrected chi connectivity index (χ1v) is 19.6. The Labute approximate surface area is 325 Å². The van der Waals surface area contributed by atoms with Crippen LogP contribution in [0.3, 0.4) is 0 Å². The minimum absolute atomic E-state index is 0.0760. The van der Waals surface area contributed by atoms with Crippen LogP contribution in [0.1, 0.15) is 62.8 Å². The Kier molecular flexibility index (Phi) is 12.0. The van der Waals surface area contributed by atoms with Crippen LogP contribution >= 0.6 is 34.4 Å². The summed E-state index contributed by atoms with van der Waals surface area (Å²) in [5.74, 6) is -1.26. The van der Waals surface area contributed by atoms with Gasteiger partial charge in [0.05, 0.1) is 12.1 Å². The Balaban J connectivity index is 1.20. The normalized spacial score (nSPS) is 13.2. The van der Waals surface area contributed by atoms with Crippen LogP contribution < -0.4 is 16.0 Å². The van der Waals surface area contributed by atoms with Crippen LogP contribution in [0.5, 0.6) is 0 Å². The lowest BCUT2D eigenvalue weighted by Gasteiger charge is -2.29. The molecule has 5 aromatic rings. The van der Waals surface area contributed by atoms with Crippen molar-refractivity contribution in [1.29, 1.82) is 5.26 Å². The number of rotatable bonds is 10. The van der Waals surface area contributed by atoms with Crippen molar-refractivity contribution < 1.29 is 23.9 Å². The van der Waals surface area contributed by atoms with Gasteiger partial charge in [-0.1, -0.05) is 60.7 Å². The van der Waals surface area contributed by atoms with Gasteiger partial charge in [-0.3, -0.25) is 14.4 Å². The number of amides is 4. The largest absolute Gasteiger partial charge is 0.444 e. The van der Waals surface area contributed by atoms with Crippen LogP contribution in [0, 0.1) is 11.3 Å². The highest BCUT2D eigenvalue weighted by atomic mass is 32.2. The second kappa shape index (κ2) is 17.0. The molecule has 0 radical (unpaired) electrons. The number of fused-ring (bicyclic) bond motifs is 1. The average Bonchev–Trinajstić information content (AvgIpc) is 3.80. The molecule has 3 aromatic carbocycles. The van der Waals surface area contributed by atoms with E-state index in [1.165, 1.54) is 34.4 Å². The van der Waals surface area contributed by atoms with E-state index in [0.717, 1.165) is 20.9 Å². The van der Waals surface area contributed by atoms with E-state index in [-0.39, 0.29) is 18.1 Å². The van der Waals surface area contributed by atoms with Gasteiger partial charge in [-0.05, 0) is 86.2 Å². The first kappa shape index (κ1) is 38.1. The maximum absolute atomic E-state index is 14.1. The first-order valence-electron chi connectivity index (χ1n) is 17.1. The predicted octanol–water partition coefficient (Wildman–Crippen LogP) is 8.86. The summed E-state index contributed by atoms with van der Waals surface area (Å²) in [6, 6.07) is 31.1. The van der Waals surface area contributed by atoms with E-state index in [1.807, 2.05) is 80.7 Å². The lowest BCUT2D eigenvalue weighted by Crippen LogP contribution is -2.39. The van der Waals surface area contributed by atoms with E-state index in [2.05, 4.69) is 22.0 Å². The molecule has 0 aliphatic carbocycles. The van der Waals surface area contributed by atoms with Gasteiger partial charge < -0.3 is 25.6 Å². The standard InChI is InChI=1S/C41H37N5O5S3/c1-41(2,3)51-40(50)46-20-19-31-32(24-42)39(54-34(31)25-46)45-38(49)35(26-12-6-4-7-13-26)53-30-17-10-16-28(22-30)43-37(48)33(23-29-18-11-21-52-29)44-36(47)27-14-8-5-9-15-27/h4-18,21-23,35H,19-20,25H2,1-3H3,(H,43,48)(H,44,47)(H,45,49)/b33-23-. The summed E-state index contributed by atoms with van der Waals surface area (Å²) < 4.78 is 5.56. The molecule has 1 aliphatic heterocycles. The summed E-state index contributed by atoms with van der Waals surface area (Å²) in [5.41, 5.74) is 2.30. The zero-order chi connectivity index (χ0) is 38.2. The average molecular weight is 776 g/mol. The predicted molar refractivity (Wildman–Crippen MR) is 214 cm³/mol. The van der Waals surface area contributed by atoms with Crippen molar-refractivity contribution in [3.05, 3.63) is 140 Å². The molecule has 1 aliphatic rings. The van der Waals surface area contributed by atoms with Crippen molar-refractivity contribution in [2.75, 3.05) is 17.2 Å². The molecular formula is C41H37N5O5S3. The third kappa shape index (κ3) is 9.64. The molecule has 3 N–H and O–H groups in total. The van der Waals surface area contributed by atoms with Crippen LogP contribution in [-0.4, -0.2) is 40.9 Å². The fourth-order valence-corrected chi connectivity index (χ4v) is 8.57. The summed E-state index contributed by atoms with van der Waals surface area (Å²) in [6.45, 7) is 6.14. The van der Waals surface area contributed by atoms with Gasteiger partial charge in [0, 0.05) is 32.4 Å². The van der Waals surface area contributed by atoms with Crippen molar-refractivity contribution in [3.63, 3.8) is 0 Å². The lowest BCUT2D eigenvalue weighted by atomic mass is 10.0. The summed E-state index contributed by atoms with van der Waals surface area (Å²) in [5, 5.41) is 20.4. The second-order valence-electron chi connectivity index (χ2n) is 13.2. The molecule has 0 saturated carbocycles. The van der Waals surface area contributed by atoms with Gasteiger partial charge in [0.1, 0.15) is 27.6 Å². The summed E-state index contributed by atoms with van der Waals surface area (Å²) >= 11 is 4.02. The van der Waals surface area contributed by atoms with Gasteiger partial charge in [0.25, 0.3) is 11.8 Å². The molecule has 1 atom stereocenters. The number of hydrogen-bond acceptors (Lipinski definition) is 9. The molecular weight excluding hydrogens is 739 g/mol. The zero-order valence-electron chi connectivity index (χ0n) is 29.8. The fourth-order valence-electron chi connectivity index (χ4n) is 5.61. The molecule has 1 unspecified atom stereocenters. The number of nitrogens with zero attached hydrogens (tertiary/aromatic N) is 2. The van der Waals surface area contributed by atoms with Gasteiger partial charge in [-0.15, -0.1) is 34.4 Å². The maximum Gasteiger partial charge on any atom is 0.410 e. The van der Waals surface area contributed by atoms with Crippen molar-refractivity contribution in [2.45, 2.75) is 49.5 Å². The van der Waals surface area contributed by atoms with E-state index in [1.54, 1.807) is 53.4 Å². The van der Waals surface area contributed by atoms with Crippen LogP contribution in [-0.2, 0) is 27.3 Å². The Bertz CT molecular complexity index is 2220. The first-order chi connectivity index (χ1) is 26.0. The van der Waals surface area contributed by atoms with Crippen molar-refractivity contribution in [3.8, 4) is 6.07 Å². The summed E-state index contributed by atoms with van der Waals surface area (Å²) in [4.78, 5) is 57.5. The molecule has 2 aromatic heterocycles. The molecule has 54 heavy (non-hydrogen) atoms. The number of thioether (sulfide) groups is 1. The highest BCUT2D eigenvalue weighted by molar-refractivity contribution is 8.00. The van der Waals surface area contributed by atoms with Gasteiger partial charge in [0.2, 0.25) is 5.91 Å². The SMILES string of the molecule is CC(C)(C)OC(=O)N1CCc2c(sc(NC(=O)C(Sc3cccc(NC(=O)/C(=C/c4cccs4)NC(=O)c4ccccc4)c3)c3ccccc3)c2C#N)C1. The number of carbonyl (C=O) groups is 4. The molecule has 274 valence electrons. The molecule has 10 nitrogen and oxygen atoms in total. The van der Waals surface area contributed by atoms with Gasteiger partial charge in [0.15, 0.2) is 0 Å².